The van der Waals surface area contributed by atoms with Crippen LogP contribution < -0.4 is 10.2 Å². The number of aromatic nitrogens is 2. The molecule has 1 N–H and O–H groups in total. The molecule has 7 heteroatoms. The van der Waals surface area contributed by atoms with Gasteiger partial charge >= 0.3 is 0 Å². The number of amides is 1. The molecule has 1 aliphatic rings. The third kappa shape index (κ3) is 3.23. The molecule has 0 fully saturated rings. The van der Waals surface area contributed by atoms with E-state index in [-0.39, 0.29) is 23.0 Å². The molecule has 3 heterocycles. The van der Waals surface area contributed by atoms with E-state index < -0.39 is 0 Å². The van der Waals surface area contributed by atoms with E-state index in [9.17, 15) is 9.59 Å². The summed E-state index contributed by atoms with van der Waals surface area (Å²) in [5.41, 5.74) is 2.55. The van der Waals surface area contributed by atoms with Crippen LogP contribution in [-0.4, -0.2) is 34.4 Å². The number of rotatable bonds is 3. The standard InChI is InChI=1S/C20H19N3O4/c1-12-6-14(24)8-18(27-12)20(25)23-9-16(19-17(10-23)21-11-22-19)13-4-3-5-15(7-13)26-2/h3-8,11,16H,9-10H2,1-2H3,(H,21,22). The van der Waals surface area contributed by atoms with Crippen LogP contribution in [0.4, 0.5) is 0 Å². The Balaban J connectivity index is 1.70. The maximum Gasteiger partial charge on any atom is 0.290 e. The topological polar surface area (TPSA) is 88.4 Å². The van der Waals surface area contributed by atoms with E-state index in [0.717, 1.165) is 22.7 Å². The number of nitrogens with zero attached hydrogens (tertiary/aromatic N) is 2. The van der Waals surface area contributed by atoms with Gasteiger partial charge in [0.15, 0.2) is 11.2 Å². The maximum absolute atomic E-state index is 13.0. The largest absolute Gasteiger partial charge is 0.497 e. The number of H-pyrrole nitrogens is 1. The summed E-state index contributed by atoms with van der Waals surface area (Å²) in [5, 5.41) is 0. The third-order valence-electron chi connectivity index (χ3n) is 4.72. The number of carbonyl (C=O) groups excluding carboxylic acids is 1. The summed E-state index contributed by atoms with van der Waals surface area (Å²) in [5.74, 6) is 0.791. The predicted octanol–water partition coefficient (Wildman–Crippen LogP) is 2.47. The number of ether oxygens (including phenoxy) is 1. The van der Waals surface area contributed by atoms with Crippen molar-refractivity contribution in [2.24, 2.45) is 0 Å². The van der Waals surface area contributed by atoms with Crippen LogP contribution in [-0.2, 0) is 6.54 Å². The van der Waals surface area contributed by atoms with Crippen molar-refractivity contribution < 1.29 is 13.9 Å². The minimum absolute atomic E-state index is 0.0485. The van der Waals surface area contributed by atoms with Crippen LogP contribution in [0.25, 0.3) is 0 Å². The average Bonchev–Trinajstić information content (AvgIpc) is 3.14. The van der Waals surface area contributed by atoms with Gasteiger partial charge in [-0.1, -0.05) is 12.1 Å². The fourth-order valence-electron chi connectivity index (χ4n) is 3.46. The molecule has 1 aromatic carbocycles. The molecule has 1 atom stereocenters. The van der Waals surface area contributed by atoms with Crippen LogP contribution in [0.5, 0.6) is 5.75 Å². The Morgan fingerprint density at radius 2 is 2.19 bits per heavy atom. The predicted molar refractivity (Wildman–Crippen MR) is 97.9 cm³/mol. The van der Waals surface area contributed by atoms with Gasteiger partial charge in [0.25, 0.3) is 5.91 Å². The molecule has 0 radical (unpaired) electrons. The van der Waals surface area contributed by atoms with Gasteiger partial charge < -0.3 is 19.0 Å². The highest BCUT2D eigenvalue weighted by molar-refractivity contribution is 5.91. The molecule has 0 saturated heterocycles. The lowest BCUT2D eigenvalue weighted by Gasteiger charge is -2.32. The molecule has 1 amide bonds. The first-order valence-corrected chi connectivity index (χ1v) is 8.62. The lowest BCUT2D eigenvalue weighted by atomic mass is 9.90. The van der Waals surface area contributed by atoms with E-state index in [0.29, 0.717) is 18.8 Å². The zero-order chi connectivity index (χ0) is 19.0. The first kappa shape index (κ1) is 17.1. The Hall–Kier alpha value is -3.35. The fourth-order valence-corrected chi connectivity index (χ4v) is 3.46. The smallest absolute Gasteiger partial charge is 0.290 e. The lowest BCUT2D eigenvalue weighted by Crippen LogP contribution is -2.39. The van der Waals surface area contributed by atoms with E-state index in [1.54, 1.807) is 25.3 Å². The molecule has 4 rings (SSSR count). The van der Waals surface area contributed by atoms with Gasteiger partial charge in [-0.2, -0.15) is 0 Å². The molecule has 3 aromatic rings. The van der Waals surface area contributed by atoms with Crippen LogP contribution >= 0.6 is 0 Å². The molecule has 27 heavy (non-hydrogen) atoms. The van der Waals surface area contributed by atoms with Gasteiger partial charge in [0.1, 0.15) is 11.5 Å². The number of benzene rings is 1. The highest BCUT2D eigenvalue weighted by atomic mass is 16.5. The van der Waals surface area contributed by atoms with Crippen LogP contribution in [0.15, 0.2) is 51.9 Å². The highest BCUT2D eigenvalue weighted by Gasteiger charge is 2.32. The molecule has 2 aromatic heterocycles. The van der Waals surface area contributed by atoms with Gasteiger partial charge in [-0.05, 0) is 24.6 Å². The highest BCUT2D eigenvalue weighted by Crippen LogP contribution is 2.33. The Morgan fingerprint density at radius 3 is 2.96 bits per heavy atom. The van der Waals surface area contributed by atoms with Crippen molar-refractivity contribution in [1.82, 2.24) is 14.9 Å². The number of aromatic amines is 1. The van der Waals surface area contributed by atoms with Crippen molar-refractivity contribution in [2.45, 2.75) is 19.4 Å². The quantitative estimate of drug-likeness (QED) is 0.770. The summed E-state index contributed by atoms with van der Waals surface area (Å²) in [6.45, 7) is 2.47. The summed E-state index contributed by atoms with van der Waals surface area (Å²) in [4.78, 5) is 34.0. The van der Waals surface area contributed by atoms with Gasteiger partial charge in [0, 0.05) is 24.6 Å². The molecule has 0 spiro atoms. The second kappa shape index (κ2) is 6.75. The molecule has 1 unspecified atom stereocenters. The van der Waals surface area contributed by atoms with E-state index in [4.69, 9.17) is 9.15 Å². The van der Waals surface area contributed by atoms with Gasteiger partial charge in [0.2, 0.25) is 0 Å². The maximum atomic E-state index is 13.0. The van der Waals surface area contributed by atoms with Crippen LogP contribution in [0, 0.1) is 6.92 Å². The Bertz CT molecular complexity index is 1050. The number of hydrogen-bond acceptors (Lipinski definition) is 5. The van der Waals surface area contributed by atoms with E-state index >= 15 is 0 Å². The summed E-state index contributed by atoms with van der Waals surface area (Å²) < 4.78 is 10.8. The summed E-state index contributed by atoms with van der Waals surface area (Å²) in [6.07, 6.45) is 1.64. The molecular weight excluding hydrogens is 346 g/mol. The average molecular weight is 365 g/mol. The molecular formula is C20H19N3O4. The summed E-state index contributed by atoms with van der Waals surface area (Å²) in [6, 6.07) is 10.3. The monoisotopic (exact) mass is 365 g/mol. The van der Waals surface area contributed by atoms with Crippen molar-refractivity contribution in [3.05, 3.63) is 81.4 Å². The second-order valence-corrected chi connectivity index (χ2v) is 6.55. The number of hydrogen-bond donors (Lipinski definition) is 1. The van der Waals surface area contributed by atoms with E-state index in [1.807, 2.05) is 24.3 Å². The minimum atomic E-state index is -0.316. The van der Waals surface area contributed by atoms with Crippen LogP contribution in [0.1, 0.15) is 39.2 Å². The second-order valence-electron chi connectivity index (χ2n) is 6.55. The molecule has 0 saturated carbocycles. The van der Waals surface area contributed by atoms with Crippen molar-refractivity contribution in [3.8, 4) is 5.75 Å². The number of aryl methyl sites for hydroxylation is 1. The lowest BCUT2D eigenvalue weighted by molar-refractivity contribution is 0.0685. The molecule has 7 nitrogen and oxygen atoms in total. The SMILES string of the molecule is COc1cccc(C2CN(C(=O)c3cc(=O)cc(C)o3)Cc3[nH]cnc32)c1. The minimum Gasteiger partial charge on any atom is -0.497 e. The third-order valence-corrected chi connectivity index (χ3v) is 4.72. The zero-order valence-electron chi connectivity index (χ0n) is 15.1. The van der Waals surface area contributed by atoms with Crippen molar-refractivity contribution in [3.63, 3.8) is 0 Å². The normalized spacial score (nSPS) is 16.1. The van der Waals surface area contributed by atoms with Gasteiger partial charge in [-0.15, -0.1) is 0 Å². The van der Waals surface area contributed by atoms with Crippen molar-refractivity contribution >= 4 is 5.91 Å². The number of carbonyl (C=O) groups is 1. The zero-order valence-corrected chi connectivity index (χ0v) is 15.1. The molecule has 1 aliphatic heterocycles. The molecule has 0 aliphatic carbocycles. The fraction of sp³-hybridized carbons (Fsp3) is 0.250. The number of methoxy groups -OCH3 is 1. The Labute approximate surface area is 155 Å². The summed E-state index contributed by atoms with van der Waals surface area (Å²) >= 11 is 0. The van der Waals surface area contributed by atoms with Crippen molar-refractivity contribution in [2.75, 3.05) is 13.7 Å². The number of imidazole rings is 1. The Kier molecular flexibility index (Phi) is 4.27. The van der Waals surface area contributed by atoms with Gasteiger partial charge in [-0.25, -0.2) is 4.98 Å². The van der Waals surface area contributed by atoms with Gasteiger partial charge in [-0.3, -0.25) is 9.59 Å². The first-order chi connectivity index (χ1) is 13.0. The Morgan fingerprint density at radius 1 is 1.33 bits per heavy atom. The van der Waals surface area contributed by atoms with Crippen LogP contribution in [0.3, 0.4) is 0 Å². The number of nitrogens with one attached hydrogen (secondary N) is 1. The van der Waals surface area contributed by atoms with E-state index in [2.05, 4.69) is 9.97 Å². The summed E-state index contributed by atoms with van der Waals surface area (Å²) in [7, 11) is 1.62. The molecule has 138 valence electrons. The van der Waals surface area contributed by atoms with Crippen LogP contribution in [0.2, 0.25) is 0 Å². The molecule has 0 bridgehead atoms. The van der Waals surface area contributed by atoms with E-state index in [1.165, 1.54) is 12.1 Å². The number of fused-ring (bicyclic) bond motifs is 1. The van der Waals surface area contributed by atoms with Crippen molar-refractivity contribution in [1.29, 1.82) is 0 Å². The van der Waals surface area contributed by atoms with Gasteiger partial charge in [0.05, 0.1) is 31.4 Å². The first-order valence-electron chi connectivity index (χ1n) is 8.62.